The molecule has 1 aromatic rings. The number of hydrogen-bond acceptors (Lipinski definition) is 4. The lowest BCUT2D eigenvalue weighted by molar-refractivity contribution is -0.132. The molecule has 15 heavy (non-hydrogen) atoms. The lowest BCUT2D eigenvalue weighted by Gasteiger charge is -2.04. The minimum atomic E-state index is -0.518. The number of benzene rings is 1. The van der Waals surface area contributed by atoms with E-state index in [0.29, 0.717) is 0 Å². The van der Waals surface area contributed by atoms with Crippen LogP contribution in [0.3, 0.4) is 0 Å². The number of para-hydroxylation sites is 1. The van der Waals surface area contributed by atoms with Gasteiger partial charge in [0.2, 0.25) is 4.62 Å². The molecule has 0 amide bonds. The van der Waals surface area contributed by atoms with Crippen molar-refractivity contribution >= 4 is 32.2 Å². The molecule has 0 aromatic heterocycles. The molecule has 4 nitrogen and oxygen atoms in total. The summed E-state index contributed by atoms with van der Waals surface area (Å²) < 4.78 is 4.58. The second-order valence-electron chi connectivity index (χ2n) is 2.82. The maximum absolute atomic E-state index is 11.0. The van der Waals surface area contributed by atoms with Crippen LogP contribution >= 0.6 is 15.9 Å². The molecule has 0 aliphatic carbocycles. The van der Waals surface area contributed by atoms with Gasteiger partial charge in [-0.2, -0.15) is 5.10 Å². The third-order valence-corrected chi connectivity index (χ3v) is 2.27. The molecule has 80 valence electrons. The van der Waals surface area contributed by atoms with Gasteiger partial charge in [-0.3, -0.25) is 5.43 Å². The molecule has 5 heteroatoms. The Morgan fingerprint density at radius 3 is 2.73 bits per heavy atom. The first-order valence-corrected chi connectivity index (χ1v) is 5.07. The molecule has 0 saturated heterocycles. The van der Waals surface area contributed by atoms with E-state index in [1.54, 1.807) is 0 Å². The van der Waals surface area contributed by atoms with Crippen LogP contribution in [-0.2, 0) is 9.53 Å². The Balaban J connectivity index is 2.72. The van der Waals surface area contributed by atoms with E-state index in [0.717, 1.165) is 11.3 Å². The number of carbonyl (C=O) groups is 1. The number of carbonyl (C=O) groups excluding carboxylic acids is 1. The molecule has 0 fully saturated rings. The molecule has 0 radical (unpaired) electrons. The monoisotopic (exact) mass is 270 g/mol. The molecular weight excluding hydrogens is 260 g/mol. The van der Waals surface area contributed by atoms with Crippen molar-refractivity contribution in [1.82, 2.24) is 0 Å². The summed E-state index contributed by atoms with van der Waals surface area (Å²) in [6.07, 6.45) is 0. The third kappa shape index (κ3) is 3.36. The van der Waals surface area contributed by atoms with Crippen LogP contribution in [0.15, 0.2) is 29.4 Å². The lowest BCUT2D eigenvalue weighted by atomic mass is 10.2. The predicted molar refractivity (Wildman–Crippen MR) is 63.2 cm³/mol. The summed E-state index contributed by atoms with van der Waals surface area (Å²) in [5.41, 5.74) is 4.66. The summed E-state index contributed by atoms with van der Waals surface area (Å²) in [5.74, 6) is -0.518. The topological polar surface area (TPSA) is 50.7 Å². The van der Waals surface area contributed by atoms with E-state index in [1.807, 2.05) is 31.2 Å². The highest BCUT2D eigenvalue weighted by Gasteiger charge is 2.06. The van der Waals surface area contributed by atoms with Gasteiger partial charge in [0, 0.05) is 0 Å². The summed E-state index contributed by atoms with van der Waals surface area (Å²) in [6.45, 7) is 1.95. The smallest absolute Gasteiger partial charge is 0.365 e. The average Bonchev–Trinajstić information content (AvgIpc) is 2.26. The Bertz CT molecular complexity index is 391. The van der Waals surface area contributed by atoms with Crippen molar-refractivity contribution < 1.29 is 9.53 Å². The van der Waals surface area contributed by atoms with Gasteiger partial charge in [-0.25, -0.2) is 4.79 Å². The van der Waals surface area contributed by atoms with Crippen LogP contribution in [0.1, 0.15) is 5.56 Å². The summed E-state index contributed by atoms with van der Waals surface area (Å²) in [4.78, 5) is 11.0. The minimum Gasteiger partial charge on any atom is -0.464 e. The first-order chi connectivity index (χ1) is 7.15. The first kappa shape index (κ1) is 11.7. The number of methoxy groups -OCH3 is 1. The highest BCUT2D eigenvalue weighted by Crippen LogP contribution is 2.13. The highest BCUT2D eigenvalue weighted by atomic mass is 79.9. The SMILES string of the molecule is COC(=O)/C(Br)=N/Nc1ccccc1C. The van der Waals surface area contributed by atoms with Gasteiger partial charge in [-0.05, 0) is 34.5 Å². The summed E-state index contributed by atoms with van der Waals surface area (Å²) in [5, 5.41) is 3.83. The van der Waals surface area contributed by atoms with Crippen molar-refractivity contribution in [1.29, 1.82) is 0 Å². The van der Waals surface area contributed by atoms with E-state index in [1.165, 1.54) is 7.11 Å². The van der Waals surface area contributed by atoms with Crippen LogP contribution in [0.4, 0.5) is 5.69 Å². The summed E-state index contributed by atoms with van der Waals surface area (Å²) in [7, 11) is 1.30. The molecule has 0 aliphatic rings. The fraction of sp³-hybridized carbons (Fsp3) is 0.200. The lowest BCUT2D eigenvalue weighted by Crippen LogP contribution is -2.10. The molecule has 1 rings (SSSR count). The molecule has 0 bridgehead atoms. The molecule has 1 aromatic carbocycles. The zero-order valence-corrected chi connectivity index (χ0v) is 10.0. The number of anilines is 1. The number of nitrogens with one attached hydrogen (secondary N) is 1. The Kier molecular flexibility index (Phi) is 4.30. The molecule has 0 aliphatic heterocycles. The van der Waals surface area contributed by atoms with E-state index in [-0.39, 0.29) is 4.62 Å². The van der Waals surface area contributed by atoms with Gasteiger partial charge in [0.05, 0.1) is 12.8 Å². The van der Waals surface area contributed by atoms with Gasteiger partial charge in [0.1, 0.15) is 0 Å². The highest BCUT2D eigenvalue weighted by molar-refractivity contribution is 9.19. The average molecular weight is 271 g/mol. The minimum absolute atomic E-state index is 0.105. The molecule has 0 unspecified atom stereocenters. The molecule has 0 heterocycles. The quantitative estimate of drug-likeness (QED) is 0.521. The number of aryl methyl sites for hydroxylation is 1. The maximum Gasteiger partial charge on any atom is 0.365 e. The summed E-state index contributed by atoms with van der Waals surface area (Å²) in [6, 6.07) is 7.64. The van der Waals surface area contributed by atoms with Gasteiger partial charge >= 0.3 is 5.97 Å². The van der Waals surface area contributed by atoms with Crippen LogP contribution in [0, 0.1) is 6.92 Å². The molecule has 0 spiro atoms. The van der Waals surface area contributed by atoms with Gasteiger partial charge < -0.3 is 4.74 Å². The van der Waals surface area contributed by atoms with E-state index < -0.39 is 5.97 Å². The number of rotatable bonds is 3. The second kappa shape index (κ2) is 5.50. The molecule has 0 atom stereocenters. The zero-order chi connectivity index (χ0) is 11.3. The largest absolute Gasteiger partial charge is 0.464 e. The standard InChI is InChI=1S/C10H11BrN2O2/c1-7-5-3-4-6-8(7)12-13-9(11)10(14)15-2/h3-6,12H,1-2H3/b13-9-. The van der Waals surface area contributed by atoms with Crippen molar-refractivity contribution in [3.63, 3.8) is 0 Å². The van der Waals surface area contributed by atoms with E-state index in [9.17, 15) is 4.79 Å². The Morgan fingerprint density at radius 2 is 2.13 bits per heavy atom. The third-order valence-electron chi connectivity index (χ3n) is 1.77. The zero-order valence-electron chi connectivity index (χ0n) is 8.45. The number of hydrogen-bond donors (Lipinski definition) is 1. The van der Waals surface area contributed by atoms with E-state index in [4.69, 9.17) is 0 Å². The number of halogens is 1. The second-order valence-corrected chi connectivity index (χ2v) is 3.57. The van der Waals surface area contributed by atoms with Crippen LogP contribution in [-0.4, -0.2) is 17.7 Å². The molecular formula is C10H11BrN2O2. The van der Waals surface area contributed by atoms with Gasteiger partial charge in [-0.15, -0.1) is 0 Å². The number of nitrogens with zero attached hydrogens (tertiary/aromatic N) is 1. The fourth-order valence-electron chi connectivity index (χ4n) is 0.938. The van der Waals surface area contributed by atoms with Crippen molar-refractivity contribution in [2.24, 2.45) is 5.10 Å². The Hall–Kier alpha value is -1.36. The number of esters is 1. The van der Waals surface area contributed by atoms with Gasteiger partial charge in [-0.1, -0.05) is 18.2 Å². The van der Waals surface area contributed by atoms with Crippen LogP contribution < -0.4 is 5.43 Å². The van der Waals surface area contributed by atoms with Crippen LogP contribution in [0.2, 0.25) is 0 Å². The normalized spacial score (nSPS) is 11.0. The van der Waals surface area contributed by atoms with Crippen molar-refractivity contribution in [2.75, 3.05) is 12.5 Å². The molecule has 1 N–H and O–H groups in total. The number of hydrazone groups is 1. The molecule has 0 saturated carbocycles. The van der Waals surface area contributed by atoms with E-state index in [2.05, 4.69) is 31.2 Å². The maximum atomic E-state index is 11.0. The van der Waals surface area contributed by atoms with Crippen molar-refractivity contribution in [3.8, 4) is 0 Å². The van der Waals surface area contributed by atoms with Gasteiger partial charge in [0.15, 0.2) is 0 Å². The van der Waals surface area contributed by atoms with Crippen LogP contribution in [0.5, 0.6) is 0 Å². The van der Waals surface area contributed by atoms with E-state index >= 15 is 0 Å². The van der Waals surface area contributed by atoms with Crippen molar-refractivity contribution in [2.45, 2.75) is 6.92 Å². The fourth-order valence-corrected chi connectivity index (χ4v) is 1.19. The van der Waals surface area contributed by atoms with Gasteiger partial charge in [0.25, 0.3) is 0 Å². The Labute approximate surface area is 96.4 Å². The Morgan fingerprint density at radius 1 is 1.47 bits per heavy atom. The van der Waals surface area contributed by atoms with Crippen LogP contribution in [0.25, 0.3) is 0 Å². The summed E-state index contributed by atoms with van der Waals surface area (Å²) >= 11 is 3.00. The van der Waals surface area contributed by atoms with Crippen molar-refractivity contribution in [3.05, 3.63) is 29.8 Å². The number of ether oxygens (including phenoxy) is 1. The predicted octanol–water partition coefficient (Wildman–Crippen LogP) is 2.29. The first-order valence-electron chi connectivity index (χ1n) is 4.28.